The lowest BCUT2D eigenvalue weighted by molar-refractivity contribution is -0.870. The quantitative estimate of drug-likeness (QED) is 0.0272. The Morgan fingerprint density at radius 3 is 1.23 bits per heavy atom. The van der Waals surface area contributed by atoms with E-state index in [0.29, 0.717) is 17.4 Å². The lowest BCUT2D eigenvalue weighted by atomic mass is 10.0. The summed E-state index contributed by atoms with van der Waals surface area (Å²) in [6.45, 7) is 4.63. The molecular formula is C57H109N2O6P. The number of aliphatic hydroxyl groups excluding tert-OH is 1. The number of carbonyl (C=O) groups excluding carboxylic acids is 1. The molecule has 0 rings (SSSR count). The van der Waals surface area contributed by atoms with Gasteiger partial charge in [0.05, 0.1) is 39.9 Å². The number of allylic oxidation sites excluding steroid dienone is 7. The van der Waals surface area contributed by atoms with Gasteiger partial charge >= 0.3 is 0 Å². The Morgan fingerprint density at radius 2 is 0.848 bits per heavy atom. The maximum Gasteiger partial charge on any atom is 0.268 e. The van der Waals surface area contributed by atoms with Crippen molar-refractivity contribution in [2.45, 2.75) is 270 Å². The Hall–Kier alpha value is -1.54. The molecule has 0 aliphatic heterocycles. The average molecular weight is 949 g/mol. The van der Waals surface area contributed by atoms with E-state index in [9.17, 15) is 19.4 Å². The summed E-state index contributed by atoms with van der Waals surface area (Å²) in [5.74, 6) is -0.219. The first-order chi connectivity index (χ1) is 32.0. The summed E-state index contributed by atoms with van der Waals surface area (Å²) >= 11 is 0. The largest absolute Gasteiger partial charge is 0.756 e. The predicted molar refractivity (Wildman–Crippen MR) is 284 cm³/mol. The van der Waals surface area contributed by atoms with Crippen molar-refractivity contribution in [2.24, 2.45) is 0 Å². The van der Waals surface area contributed by atoms with Crippen LogP contribution in [0.3, 0.4) is 0 Å². The minimum atomic E-state index is -4.61. The van der Waals surface area contributed by atoms with Crippen LogP contribution in [-0.4, -0.2) is 68.5 Å². The smallest absolute Gasteiger partial charge is 0.268 e. The van der Waals surface area contributed by atoms with Crippen LogP contribution in [-0.2, 0) is 18.4 Å². The Morgan fingerprint density at radius 1 is 0.515 bits per heavy atom. The van der Waals surface area contributed by atoms with Gasteiger partial charge in [-0.25, -0.2) is 0 Å². The number of likely N-dealkylation sites (N-methyl/N-ethyl adjacent to an activating group) is 1. The minimum Gasteiger partial charge on any atom is -0.756 e. The molecule has 8 nitrogen and oxygen atoms in total. The second kappa shape index (κ2) is 48.5. The SMILES string of the molecule is CCCCCCCCC/C=C\CCCCCCCC(=O)NC(COP(=O)([O-])OCC[N+](C)(C)C)C(O)/C=C/CC/C=C/CC/C=C/CCCCCCCCCCCCCCCCCCCC. The number of aliphatic hydroxyl groups is 1. The summed E-state index contributed by atoms with van der Waals surface area (Å²) in [6, 6.07) is -0.915. The molecule has 0 heterocycles. The van der Waals surface area contributed by atoms with Crippen molar-refractivity contribution in [3.05, 3.63) is 48.6 Å². The first-order valence-electron chi connectivity index (χ1n) is 28.0. The van der Waals surface area contributed by atoms with Gasteiger partial charge in [0.15, 0.2) is 0 Å². The fourth-order valence-electron chi connectivity index (χ4n) is 8.06. The normalized spacial score (nSPS) is 14.3. The molecule has 0 aromatic heterocycles. The van der Waals surface area contributed by atoms with Crippen molar-refractivity contribution < 1.29 is 32.9 Å². The van der Waals surface area contributed by atoms with Crippen molar-refractivity contribution >= 4 is 13.7 Å². The van der Waals surface area contributed by atoms with Crippen LogP contribution >= 0.6 is 7.82 Å². The molecule has 388 valence electrons. The number of amides is 1. The van der Waals surface area contributed by atoms with Crippen LogP contribution in [0.2, 0.25) is 0 Å². The third-order valence-corrected chi connectivity index (χ3v) is 13.5. The summed E-state index contributed by atoms with van der Waals surface area (Å²) in [6.07, 6.45) is 63.4. The Labute approximate surface area is 409 Å². The molecule has 0 aliphatic carbocycles. The maximum absolute atomic E-state index is 12.9. The zero-order chi connectivity index (χ0) is 48.5. The molecule has 0 bridgehead atoms. The van der Waals surface area contributed by atoms with Crippen molar-refractivity contribution in [2.75, 3.05) is 40.9 Å². The molecule has 0 saturated carbocycles. The molecule has 0 aliphatic rings. The molecular weight excluding hydrogens is 840 g/mol. The fraction of sp³-hybridized carbons (Fsp3) is 0.842. The first-order valence-corrected chi connectivity index (χ1v) is 29.5. The van der Waals surface area contributed by atoms with Crippen molar-refractivity contribution in [3.63, 3.8) is 0 Å². The van der Waals surface area contributed by atoms with E-state index in [2.05, 4.69) is 55.6 Å². The summed E-state index contributed by atoms with van der Waals surface area (Å²) < 4.78 is 23.3. The van der Waals surface area contributed by atoms with Gasteiger partial charge in [-0.1, -0.05) is 229 Å². The zero-order valence-corrected chi connectivity index (χ0v) is 45.0. The van der Waals surface area contributed by atoms with Gasteiger partial charge in [0.1, 0.15) is 13.2 Å². The Balaban J connectivity index is 4.28. The molecule has 0 radical (unpaired) electrons. The molecule has 9 heteroatoms. The molecule has 3 atom stereocenters. The van der Waals surface area contributed by atoms with E-state index >= 15 is 0 Å². The highest BCUT2D eigenvalue weighted by atomic mass is 31.2. The molecule has 2 N–H and O–H groups in total. The van der Waals surface area contributed by atoms with Gasteiger partial charge in [0.25, 0.3) is 7.82 Å². The van der Waals surface area contributed by atoms with Crippen LogP contribution in [0.5, 0.6) is 0 Å². The van der Waals surface area contributed by atoms with Crippen LogP contribution in [0, 0.1) is 0 Å². The number of unbranched alkanes of at least 4 members (excludes halogenated alkanes) is 32. The molecule has 3 unspecified atom stereocenters. The van der Waals surface area contributed by atoms with Gasteiger partial charge in [0.2, 0.25) is 5.91 Å². The van der Waals surface area contributed by atoms with Crippen LogP contribution in [0.4, 0.5) is 0 Å². The number of nitrogens with one attached hydrogen (secondary N) is 1. The van der Waals surface area contributed by atoms with Crippen molar-refractivity contribution in [3.8, 4) is 0 Å². The summed E-state index contributed by atoms with van der Waals surface area (Å²) in [5.41, 5.74) is 0. The molecule has 0 aromatic carbocycles. The average Bonchev–Trinajstić information content (AvgIpc) is 3.28. The third kappa shape index (κ3) is 50.3. The molecule has 0 saturated heterocycles. The number of nitrogens with zero attached hydrogens (tertiary/aromatic N) is 1. The highest BCUT2D eigenvalue weighted by Gasteiger charge is 2.23. The molecule has 1 amide bonds. The summed E-state index contributed by atoms with van der Waals surface area (Å²) in [4.78, 5) is 25.4. The van der Waals surface area contributed by atoms with Crippen LogP contribution in [0.15, 0.2) is 48.6 Å². The van der Waals surface area contributed by atoms with Gasteiger partial charge in [-0.15, -0.1) is 0 Å². The summed E-state index contributed by atoms with van der Waals surface area (Å²) in [5, 5.41) is 13.8. The standard InChI is InChI=1S/C57H109N2O6P/c1-6-8-10-12-14-16-18-20-22-24-25-26-27-28-29-30-31-32-33-34-35-36-38-40-42-44-46-48-50-56(60)55(54-65-66(62,63)64-53-52-59(3,4)5)58-57(61)51-49-47-45-43-41-39-37-23-21-19-17-15-13-11-9-7-2/h23,34-35,37,40,42,48,50,55-56,60H,6-22,24-33,36,38-39,41,43-47,49,51-54H2,1-5H3,(H-,58,61,62,63)/b35-34+,37-23-,42-40+,50-48+. The molecule has 0 fully saturated rings. The predicted octanol–water partition coefficient (Wildman–Crippen LogP) is 16.1. The molecule has 66 heavy (non-hydrogen) atoms. The first kappa shape index (κ1) is 64.5. The third-order valence-electron chi connectivity index (χ3n) is 12.5. The number of carbonyl (C=O) groups is 1. The molecule has 0 aromatic rings. The Bertz CT molecular complexity index is 1210. The highest BCUT2D eigenvalue weighted by Crippen LogP contribution is 2.38. The number of phosphoric ester groups is 1. The topological polar surface area (TPSA) is 108 Å². The van der Waals surface area contributed by atoms with Gasteiger partial charge in [0, 0.05) is 6.42 Å². The zero-order valence-electron chi connectivity index (χ0n) is 44.1. The van der Waals surface area contributed by atoms with Crippen LogP contribution < -0.4 is 10.2 Å². The monoisotopic (exact) mass is 949 g/mol. The van der Waals surface area contributed by atoms with E-state index in [4.69, 9.17) is 9.05 Å². The van der Waals surface area contributed by atoms with E-state index in [0.717, 1.165) is 64.2 Å². The van der Waals surface area contributed by atoms with Crippen LogP contribution in [0.1, 0.15) is 258 Å². The fourth-order valence-corrected chi connectivity index (χ4v) is 8.79. The lowest BCUT2D eigenvalue weighted by Crippen LogP contribution is -2.45. The number of hydrogen-bond donors (Lipinski definition) is 2. The van der Waals surface area contributed by atoms with E-state index in [1.165, 1.54) is 173 Å². The lowest BCUT2D eigenvalue weighted by Gasteiger charge is -2.29. The second-order valence-electron chi connectivity index (χ2n) is 20.3. The number of phosphoric acid groups is 1. The van der Waals surface area contributed by atoms with E-state index in [1.54, 1.807) is 6.08 Å². The van der Waals surface area contributed by atoms with Gasteiger partial charge in [-0.2, -0.15) is 0 Å². The van der Waals surface area contributed by atoms with Crippen LogP contribution in [0.25, 0.3) is 0 Å². The number of hydrogen-bond acceptors (Lipinski definition) is 6. The van der Waals surface area contributed by atoms with Gasteiger partial charge < -0.3 is 28.8 Å². The Kier molecular flexibility index (Phi) is 47.4. The number of rotatable bonds is 51. The van der Waals surface area contributed by atoms with E-state index in [-0.39, 0.29) is 12.5 Å². The van der Waals surface area contributed by atoms with E-state index < -0.39 is 26.6 Å². The maximum atomic E-state index is 12.9. The molecule has 0 spiro atoms. The second-order valence-corrected chi connectivity index (χ2v) is 21.7. The summed E-state index contributed by atoms with van der Waals surface area (Å²) in [7, 11) is 1.23. The minimum absolute atomic E-state index is 0.0112. The van der Waals surface area contributed by atoms with Gasteiger partial charge in [-0.3, -0.25) is 9.36 Å². The van der Waals surface area contributed by atoms with E-state index in [1.807, 2.05) is 27.2 Å². The number of quaternary nitrogens is 1. The highest BCUT2D eigenvalue weighted by molar-refractivity contribution is 7.45. The van der Waals surface area contributed by atoms with Crippen molar-refractivity contribution in [1.29, 1.82) is 0 Å². The van der Waals surface area contributed by atoms with Gasteiger partial charge in [-0.05, 0) is 70.6 Å². The van der Waals surface area contributed by atoms with Crippen molar-refractivity contribution in [1.82, 2.24) is 5.32 Å².